The largest absolute Gasteiger partial charge is 0.480 e. The first-order valence-corrected chi connectivity index (χ1v) is 11.5. The van der Waals surface area contributed by atoms with Gasteiger partial charge in [0.15, 0.2) is 0 Å². The van der Waals surface area contributed by atoms with Crippen LogP contribution in [0.5, 0.6) is 0 Å². The number of carboxylic acid groups (broad SMARTS) is 4. The number of isothiocyanates is 1. The molecule has 1 aromatic carbocycles. The molecule has 2 rings (SSSR count). The first-order chi connectivity index (χ1) is 17.1. The number of hydrazine groups is 1. The van der Waals surface area contributed by atoms with E-state index in [9.17, 15) is 39.6 Å². The minimum Gasteiger partial charge on any atom is -0.480 e. The van der Waals surface area contributed by atoms with E-state index >= 15 is 0 Å². The molecule has 0 amide bonds. The van der Waals surface area contributed by atoms with Crippen LogP contribution >= 0.6 is 12.2 Å². The molecule has 1 unspecified atom stereocenters. The van der Waals surface area contributed by atoms with Gasteiger partial charge in [0.1, 0.15) is 13.1 Å². The van der Waals surface area contributed by atoms with E-state index in [0.29, 0.717) is 12.1 Å². The summed E-state index contributed by atoms with van der Waals surface area (Å²) < 4.78 is 0. The Hall–Kier alpha value is -3.26. The maximum absolute atomic E-state index is 11.8. The lowest BCUT2D eigenvalue weighted by Crippen LogP contribution is -2.59. The first-order valence-electron chi connectivity index (χ1n) is 11.1. The number of aliphatic imine (C=N–C) groups is 1. The van der Waals surface area contributed by atoms with Crippen molar-refractivity contribution in [1.82, 2.24) is 19.8 Å². The Morgan fingerprint density at radius 3 is 1.89 bits per heavy atom. The molecule has 196 valence electrons. The number of benzene rings is 1. The van der Waals surface area contributed by atoms with E-state index in [1.165, 1.54) is 10.0 Å². The van der Waals surface area contributed by atoms with Gasteiger partial charge in [0, 0.05) is 38.8 Å². The topological polar surface area (TPSA) is 175 Å². The lowest BCUT2D eigenvalue weighted by Gasteiger charge is -2.43. The van der Waals surface area contributed by atoms with E-state index in [1.54, 1.807) is 34.1 Å². The predicted octanol–water partition coefficient (Wildman–Crippen LogP) is -0.193. The zero-order valence-corrected chi connectivity index (χ0v) is 20.3. The molecule has 14 heteroatoms. The van der Waals surface area contributed by atoms with Gasteiger partial charge in [-0.15, -0.1) is 0 Å². The van der Waals surface area contributed by atoms with Gasteiger partial charge in [-0.1, -0.05) is 12.1 Å². The number of nitrogens with zero attached hydrogens (tertiary/aromatic N) is 5. The summed E-state index contributed by atoms with van der Waals surface area (Å²) in [7, 11) is 0. The van der Waals surface area contributed by atoms with Gasteiger partial charge in [-0.05, 0) is 36.3 Å². The third-order valence-electron chi connectivity index (χ3n) is 5.58. The van der Waals surface area contributed by atoms with Crippen molar-refractivity contribution in [2.45, 2.75) is 12.5 Å². The number of hydrogen-bond donors (Lipinski definition) is 4. The van der Waals surface area contributed by atoms with Crippen molar-refractivity contribution in [1.29, 1.82) is 0 Å². The fourth-order valence-electron chi connectivity index (χ4n) is 4.07. The molecule has 1 atom stereocenters. The Kier molecular flexibility index (Phi) is 11.5. The first kappa shape index (κ1) is 29.0. The Morgan fingerprint density at radius 1 is 0.806 bits per heavy atom. The molecule has 4 N–H and O–H groups in total. The van der Waals surface area contributed by atoms with Crippen LogP contribution in [0, 0.1) is 0 Å². The van der Waals surface area contributed by atoms with E-state index in [4.69, 9.17) is 0 Å². The highest BCUT2D eigenvalue weighted by Crippen LogP contribution is 2.18. The van der Waals surface area contributed by atoms with Crippen LogP contribution in [0.1, 0.15) is 5.56 Å². The third-order valence-corrected chi connectivity index (χ3v) is 5.67. The number of carbonyl (C=O) groups is 4. The predicted molar refractivity (Wildman–Crippen MR) is 130 cm³/mol. The molecule has 0 saturated carbocycles. The van der Waals surface area contributed by atoms with Gasteiger partial charge in [0.05, 0.1) is 23.9 Å². The number of carboxylic acids is 4. The summed E-state index contributed by atoms with van der Waals surface area (Å²) in [6, 6.07) is 6.39. The molecular weight excluding hydrogens is 494 g/mol. The highest BCUT2D eigenvalue weighted by Gasteiger charge is 2.32. The zero-order valence-electron chi connectivity index (χ0n) is 19.5. The minimum atomic E-state index is -1.19. The zero-order chi connectivity index (χ0) is 26.7. The van der Waals surface area contributed by atoms with Crippen molar-refractivity contribution in [2.75, 3.05) is 58.9 Å². The second-order valence-electron chi connectivity index (χ2n) is 8.30. The molecule has 0 aliphatic carbocycles. The summed E-state index contributed by atoms with van der Waals surface area (Å²) in [5.41, 5.74) is 1.38. The number of rotatable bonds is 11. The third kappa shape index (κ3) is 10.2. The summed E-state index contributed by atoms with van der Waals surface area (Å²) >= 11 is 4.61. The van der Waals surface area contributed by atoms with E-state index in [-0.39, 0.29) is 45.8 Å². The van der Waals surface area contributed by atoms with E-state index in [1.807, 2.05) is 0 Å². The van der Waals surface area contributed by atoms with Gasteiger partial charge in [-0.25, -0.2) is 10.0 Å². The van der Waals surface area contributed by atoms with E-state index in [0.717, 1.165) is 5.56 Å². The number of thiocarbonyl (C=S) groups is 1. The van der Waals surface area contributed by atoms with E-state index in [2.05, 4.69) is 22.4 Å². The average Bonchev–Trinajstić information content (AvgIpc) is 2.77. The average molecular weight is 524 g/mol. The molecule has 0 radical (unpaired) electrons. The van der Waals surface area contributed by atoms with Gasteiger partial charge in [-0.2, -0.15) is 4.99 Å². The summed E-state index contributed by atoms with van der Waals surface area (Å²) in [6.07, 6.45) is 0.292. The van der Waals surface area contributed by atoms with Crippen molar-refractivity contribution >= 4 is 46.9 Å². The molecular formula is C22H29N5O8S. The van der Waals surface area contributed by atoms with Gasteiger partial charge in [-0.3, -0.25) is 29.0 Å². The van der Waals surface area contributed by atoms with Crippen LogP contribution in [-0.4, -0.2) is 134 Å². The lowest BCUT2D eigenvalue weighted by atomic mass is 10.0. The van der Waals surface area contributed by atoms with Crippen molar-refractivity contribution in [3.63, 3.8) is 0 Å². The molecule has 1 saturated heterocycles. The number of aliphatic carboxylic acids is 4. The maximum Gasteiger partial charge on any atom is 0.319 e. The Bertz CT molecular complexity index is 985. The van der Waals surface area contributed by atoms with Crippen LogP contribution in [0.2, 0.25) is 0 Å². The second-order valence-corrected chi connectivity index (χ2v) is 8.48. The van der Waals surface area contributed by atoms with Crippen LogP contribution in [0.25, 0.3) is 0 Å². The van der Waals surface area contributed by atoms with Crippen molar-refractivity contribution in [3.8, 4) is 0 Å². The fraction of sp³-hybridized carbons (Fsp3) is 0.500. The highest BCUT2D eigenvalue weighted by atomic mass is 32.1. The van der Waals surface area contributed by atoms with Crippen molar-refractivity contribution in [3.05, 3.63) is 29.8 Å². The summed E-state index contributed by atoms with van der Waals surface area (Å²) in [6.45, 7) is -0.888. The highest BCUT2D eigenvalue weighted by molar-refractivity contribution is 7.78. The van der Waals surface area contributed by atoms with Crippen LogP contribution in [0.3, 0.4) is 0 Å². The summed E-state index contributed by atoms with van der Waals surface area (Å²) in [5, 5.41) is 42.9. The maximum atomic E-state index is 11.8. The second kappa shape index (κ2) is 14.3. The molecule has 0 aromatic heterocycles. The van der Waals surface area contributed by atoms with Gasteiger partial charge in [0.2, 0.25) is 0 Å². The molecule has 0 bridgehead atoms. The normalized spacial score (nSPS) is 18.7. The molecule has 0 spiro atoms. The number of hydrogen-bond acceptors (Lipinski definition) is 10. The van der Waals surface area contributed by atoms with Gasteiger partial charge >= 0.3 is 23.9 Å². The molecule has 1 aliphatic heterocycles. The molecule has 1 heterocycles. The summed E-state index contributed by atoms with van der Waals surface area (Å²) in [4.78, 5) is 53.4. The molecule has 1 aromatic rings. The van der Waals surface area contributed by atoms with Crippen LogP contribution in [-0.2, 0) is 25.6 Å². The quantitative estimate of drug-likeness (QED) is 0.222. The van der Waals surface area contributed by atoms with Gasteiger partial charge < -0.3 is 20.4 Å². The monoisotopic (exact) mass is 523 g/mol. The van der Waals surface area contributed by atoms with Crippen LogP contribution in [0.4, 0.5) is 5.69 Å². The minimum absolute atomic E-state index is 0.0740. The van der Waals surface area contributed by atoms with Crippen LogP contribution < -0.4 is 0 Å². The van der Waals surface area contributed by atoms with Crippen molar-refractivity contribution < 1.29 is 39.6 Å². The van der Waals surface area contributed by atoms with Crippen LogP contribution in [0.15, 0.2) is 29.3 Å². The Morgan fingerprint density at radius 2 is 1.33 bits per heavy atom. The lowest BCUT2D eigenvalue weighted by molar-refractivity contribution is -0.158. The van der Waals surface area contributed by atoms with Gasteiger partial charge in [0.25, 0.3) is 0 Å². The Balaban J connectivity index is 2.47. The van der Waals surface area contributed by atoms with E-state index < -0.39 is 43.0 Å². The molecule has 1 fully saturated rings. The fourth-order valence-corrected chi connectivity index (χ4v) is 4.18. The molecule has 1 aliphatic rings. The SMILES string of the molecule is O=C(O)CN1CCN(CC(=O)O)CC(Cc2ccc(N=C=S)cc2)N(CC(=O)O)N(CC(=O)O)CC1. The Labute approximate surface area is 212 Å². The van der Waals surface area contributed by atoms with Crippen molar-refractivity contribution in [2.24, 2.45) is 4.99 Å². The smallest absolute Gasteiger partial charge is 0.319 e. The molecule has 36 heavy (non-hydrogen) atoms. The molecule has 13 nitrogen and oxygen atoms in total. The summed E-state index contributed by atoms with van der Waals surface area (Å²) in [5.74, 6) is -4.55. The standard InChI is InChI=1S/C22H29N5O8S/c28-19(29)11-24-5-6-25(12-20(30)31)10-18(9-16-1-3-17(4-2-16)23-15-36)27(14-22(34)35)26(8-7-24)13-21(32)33/h1-4,18H,5-14H2,(H,28,29)(H,30,31)(H,32,33)(H,34,35).